The van der Waals surface area contributed by atoms with Crippen molar-refractivity contribution < 1.29 is 0 Å². The number of nitrogens with one attached hydrogen (secondary N) is 2. The third-order valence-corrected chi connectivity index (χ3v) is 3.78. The average molecular weight is 244 g/mol. The molecule has 4 N–H and O–H groups in total. The van der Waals surface area contributed by atoms with Crippen LogP contribution in [-0.2, 0) is 0 Å². The first-order valence-corrected chi connectivity index (χ1v) is 6.75. The summed E-state index contributed by atoms with van der Waals surface area (Å²) in [6, 6.07) is 4.57. The van der Waals surface area contributed by atoms with Crippen LogP contribution in [0, 0.1) is 5.92 Å². The predicted octanol–water partition coefficient (Wildman–Crippen LogP) is 3.14. The molecule has 0 spiro atoms. The molecule has 0 amide bonds. The Hall–Kier alpha value is -1.71. The summed E-state index contributed by atoms with van der Waals surface area (Å²) >= 11 is 0. The SMILES string of the molecule is CCC(CC1CC1)Nc1cc2[nH]ncc2cc1N. The highest BCUT2D eigenvalue weighted by atomic mass is 15.1. The topological polar surface area (TPSA) is 66.7 Å². The number of hydrogen-bond acceptors (Lipinski definition) is 3. The van der Waals surface area contributed by atoms with E-state index in [1.807, 2.05) is 6.07 Å². The Morgan fingerprint density at radius 3 is 3.06 bits per heavy atom. The summed E-state index contributed by atoms with van der Waals surface area (Å²) in [7, 11) is 0. The van der Waals surface area contributed by atoms with Crippen LogP contribution in [0.25, 0.3) is 10.9 Å². The van der Waals surface area contributed by atoms with Crippen LogP contribution in [0.15, 0.2) is 18.3 Å². The lowest BCUT2D eigenvalue weighted by molar-refractivity contribution is 0.587. The number of aromatic nitrogens is 2. The molecule has 1 aliphatic carbocycles. The lowest BCUT2D eigenvalue weighted by atomic mass is 10.1. The van der Waals surface area contributed by atoms with E-state index in [9.17, 15) is 0 Å². The molecule has 0 bridgehead atoms. The van der Waals surface area contributed by atoms with Crippen LogP contribution in [0.5, 0.6) is 0 Å². The number of nitrogens with two attached hydrogens (primary N) is 1. The Labute approximate surface area is 107 Å². The molecule has 4 nitrogen and oxygen atoms in total. The van der Waals surface area contributed by atoms with Gasteiger partial charge in [0.05, 0.1) is 23.1 Å². The highest BCUT2D eigenvalue weighted by Gasteiger charge is 2.24. The van der Waals surface area contributed by atoms with Crippen molar-refractivity contribution in [3.8, 4) is 0 Å². The van der Waals surface area contributed by atoms with Crippen LogP contribution in [-0.4, -0.2) is 16.2 Å². The number of anilines is 2. The van der Waals surface area contributed by atoms with Crippen LogP contribution in [0.4, 0.5) is 11.4 Å². The molecule has 1 aromatic heterocycles. The van der Waals surface area contributed by atoms with Crippen molar-refractivity contribution in [2.45, 2.75) is 38.6 Å². The lowest BCUT2D eigenvalue weighted by Crippen LogP contribution is -2.19. The quantitative estimate of drug-likeness (QED) is 0.708. The van der Waals surface area contributed by atoms with Crippen LogP contribution < -0.4 is 11.1 Å². The first kappa shape index (κ1) is 11.4. The molecule has 0 aliphatic heterocycles. The number of nitrogens with zero attached hydrogens (tertiary/aromatic N) is 1. The Morgan fingerprint density at radius 1 is 1.50 bits per heavy atom. The standard InChI is InChI=1S/C14H20N4/c1-2-11(5-9-3-4-9)17-14-7-13-10(6-12(14)15)8-16-18-13/h6-9,11,17H,2-5,15H2,1H3,(H,16,18). The molecule has 1 aromatic carbocycles. The van der Waals surface area contributed by atoms with Crippen LogP contribution in [0.2, 0.25) is 0 Å². The Kier molecular flexibility index (Phi) is 2.86. The summed E-state index contributed by atoms with van der Waals surface area (Å²) in [6.45, 7) is 2.23. The maximum atomic E-state index is 6.09. The van der Waals surface area contributed by atoms with Gasteiger partial charge in [-0.05, 0) is 30.9 Å². The fourth-order valence-electron chi connectivity index (χ4n) is 2.44. The van der Waals surface area contributed by atoms with Gasteiger partial charge in [-0.3, -0.25) is 5.10 Å². The van der Waals surface area contributed by atoms with Gasteiger partial charge in [0.15, 0.2) is 0 Å². The van der Waals surface area contributed by atoms with Crippen molar-refractivity contribution >= 4 is 22.3 Å². The summed E-state index contributed by atoms with van der Waals surface area (Å²) in [4.78, 5) is 0. The zero-order valence-electron chi connectivity index (χ0n) is 10.7. The molecule has 96 valence electrons. The van der Waals surface area contributed by atoms with E-state index < -0.39 is 0 Å². The molecule has 1 saturated carbocycles. The van der Waals surface area contributed by atoms with Crippen LogP contribution in [0.1, 0.15) is 32.6 Å². The van der Waals surface area contributed by atoms with Gasteiger partial charge in [0.2, 0.25) is 0 Å². The van der Waals surface area contributed by atoms with Crippen molar-refractivity contribution in [2.24, 2.45) is 5.92 Å². The summed E-state index contributed by atoms with van der Waals surface area (Å²) in [5, 5.41) is 11.7. The molecule has 2 aromatic rings. The van der Waals surface area contributed by atoms with Crippen LogP contribution in [0.3, 0.4) is 0 Å². The number of nitrogen functional groups attached to an aromatic ring is 1. The van der Waals surface area contributed by atoms with E-state index in [0.717, 1.165) is 34.6 Å². The van der Waals surface area contributed by atoms with E-state index in [0.29, 0.717) is 6.04 Å². The van der Waals surface area contributed by atoms with Gasteiger partial charge in [-0.15, -0.1) is 0 Å². The fourth-order valence-corrected chi connectivity index (χ4v) is 2.44. The first-order chi connectivity index (χ1) is 8.76. The van der Waals surface area contributed by atoms with Gasteiger partial charge >= 0.3 is 0 Å². The molecule has 0 radical (unpaired) electrons. The third-order valence-electron chi connectivity index (χ3n) is 3.78. The average Bonchev–Trinajstić information content (AvgIpc) is 3.06. The second kappa shape index (κ2) is 4.52. The summed E-state index contributed by atoms with van der Waals surface area (Å²) in [6.07, 6.45) is 6.99. The lowest BCUT2D eigenvalue weighted by Gasteiger charge is -2.19. The number of fused-ring (bicyclic) bond motifs is 1. The molecule has 18 heavy (non-hydrogen) atoms. The van der Waals surface area contributed by atoms with E-state index in [1.165, 1.54) is 19.3 Å². The molecule has 1 atom stereocenters. The van der Waals surface area contributed by atoms with E-state index in [2.05, 4.69) is 28.5 Å². The van der Waals surface area contributed by atoms with Crippen LogP contribution >= 0.6 is 0 Å². The van der Waals surface area contributed by atoms with Gasteiger partial charge in [-0.2, -0.15) is 5.10 Å². The van der Waals surface area contributed by atoms with Crippen molar-refractivity contribution in [3.05, 3.63) is 18.3 Å². The molecule has 3 rings (SSSR count). The van der Waals surface area contributed by atoms with E-state index in [1.54, 1.807) is 6.20 Å². The predicted molar refractivity (Wildman–Crippen MR) is 75.5 cm³/mol. The number of H-pyrrole nitrogens is 1. The zero-order chi connectivity index (χ0) is 12.5. The Morgan fingerprint density at radius 2 is 2.33 bits per heavy atom. The maximum Gasteiger partial charge on any atom is 0.0672 e. The van der Waals surface area contributed by atoms with Crippen molar-refractivity contribution in [1.29, 1.82) is 0 Å². The summed E-state index contributed by atoms with van der Waals surface area (Å²) in [5.74, 6) is 0.930. The zero-order valence-corrected chi connectivity index (χ0v) is 10.7. The molecular weight excluding hydrogens is 224 g/mol. The normalized spacial score (nSPS) is 16.9. The van der Waals surface area contributed by atoms with Crippen molar-refractivity contribution in [3.63, 3.8) is 0 Å². The summed E-state index contributed by atoms with van der Waals surface area (Å²) < 4.78 is 0. The monoisotopic (exact) mass is 244 g/mol. The molecule has 1 unspecified atom stereocenters. The van der Waals surface area contributed by atoms with Gasteiger partial charge < -0.3 is 11.1 Å². The maximum absolute atomic E-state index is 6.09. The van der Waals surface area contributed by atoms with E-state index >= 15 is 0 Å². The minimum atomic E-state index is 0.528. The molecule has 1 heterocycles. The van der Waals surface area contributed by atoms with Gasteiger partial charge in [-0.25, -0.2) is 0 Å². The van der Waals surface area contributed by atoms with Gasteiger partial charge in [0.25, 0.3) is 0 Å². The number of aromatic amines is 1. The molecule has 1 fully saturated rings. The smallest absolute Gasteiger partial charge is 0.0672 e. The third kappa shape index (κ3) is 2.28. The second-order valence-corrected chi connectivity index (χ2v) is 5.33. The molecule has 4 heteroatoms. The van der Waals surface area contributed by atoms with Gasteiger partial charge in [0.1, 0.15) is 0 Å². The molecule has 0 saturated heterocycles. The first-order valence-electron chi connectivity index (χ1n) is 6.75. The fraction of sp³-hybridized carbons (Fsp3) is 0.500. The van der Waals surface area contributed by atoms with Crippen molar-refractivity contribution in [2.75, 3.05) is 11.1 Å². The van der Waals surface area contributed by atoms with Gasteiger partial charge in [0, 0.05) is 11.4 Å². The van der Waals surface area contributed by atoms with E-state index in [4.69, 9.17) is 5.73 Å². The number of rotatable bonds is 5. The minimum Gasteiger partial charge on any atom is -0.397 e. The Balaban J connectivity index is 1.80. The number of benzene rings is 1. The second-order valence-electron chi connectivity index (χ2n) is 5.33. The molecular formula is C14H20N4. The van der Waals surface area contributed by atoms with Gasteiger partial charge in [-0.1, -0.05) is 19.8 Å². The minimum absolute atomic E-state index is 0.528. The largest absolute Gasteiger partial charge is 0.397 e. The highest BCUT2D eigenvalue weighted by Crippen LogP contribution is 2.35. The van der Waals surface area contributed by atoms with Crippen molar-refractivity contribution in [1.82, 2.24) is 10.2 Å². The van der Waals surface area contributed by atoms with E-state index in [-0.39, 0.29) is 0 Å². The highest BCUT2D eigenvalue weighted by molar-refractivity contribution is 5.88. The molecule has 1 aliphatic rings. The number of hydrogen-bond donors (Lipinski definition) is 3. The summed E-state index contributed by atoms with van der Waals surface area (Å²) in [5.41, 5.74) is 8.96. The Bertz CT molecular complexity index is 542.